The second kappa shape index (κ2) is 13.8. The zero-order valence-electron chi connectivity index (χ0n) is 15.6. The molecule has 0 saturated carbocycles. The van der Waals surface area contributed by atoms with Gasteiger partial charge in [-0.2, -0.15) is 0 Å². The van der Waals surface area contributed by atoms with Gasteiger partial charge in [0, 0.05) is 38.3 Å². The first kappa shape index (κ1) is 22.7. The number of para-hydroxylation sites is 1. The molecule has 2 rings (SSSR count). The third-order valence-corrected chi connectivity index (χ3v) is 3.91. The zero-order chi connectivity index (χ0) is 17.7. The number of ether oxygens (including phenoxy) is 2. The first-order chi connectivity index (χ1) is 12.3. The molecule has 0 unspecified atom stereocenters. The lowest BCUT2D eigenvalue weighted by molar-refractivity contribution is 0.0389. The molecule has 1 aromatic carbocycles. The number of nitrogens with zero attached hydrogens (tertiary/aromatic N) is 2. The topological polar surface area (TPSA) is 58.1 Å². The van der Waals surface area contributed by atoms with Crippen LogP contribution in [0.5, 0.6) is 5.75 Å². The van der Waals surface area contributed by atoms with E-state index in [0.29, 0.717) is 13.2 Å². The SMILES string of the molecule is C=CCOc1ccccc1CN=C(NCC)NCCN1CCOCC1.I. The molecule has 7 heteroatoms. The second-order valence-corrected chi connectivity index (χ2v) is 5.78. The van der Waals surface area contributed by atoms with Crippen molar-refractivity contribution < 1.29 is 9.47 Å². The van der Waals surface area contributed by atoms with Gasteiger partial charge in [0.15, 0.2) is 5.96 Å². The summed E-state index contributed by atoms with van der Waals surface area (Å²) in [5.74, 6) is 1.68. The van der Waals surface area contributed by atoms with Gasteiger partial charge in [-0.1, -0.05) is 30.9 Å². The normalized spacial score (nSPS) is 15.0. The van der Waals surface area contributed by atoms with Crippen LogP contribution >= 0.6 is 24.0 Å². The molecule has 1 heterocycles. The first-order valence-corrected chi connectivity index (χ1v) is 8.97. The van der Waals surface area contributed by atoms with E-state index in [9.17, 15) is 0 Å². The summed E-state index contributed by atoms with van der Waals surface area (Å²) in [4.78, 5) is 7.08. The molecular formula is C19H31IN4O2. The van der Waals surface area contributed by atoms with Gasteiger partial charge < -0.3 is 20.1 Å². The van der Waals surface area contributed by atoms with Gasteiger partial charge in [-0.25, -0.2) is 4.99 Å². The van der Waals surface area contributed by atoms with E-state index in [-0.39, 0.29) is 24.0 Å². The first-order valence-electron chi connectivity index (χ1n) is 8.97. The Balaban J connectivity index is 0.00000338. The van der Waals surface area contributed by atoms with E-state index in [1.165, 1.54) is 0 Å². The number of nitrogens with one attached hydrogen (secondary N) is 2. The van der Waals surface area contributed by atoms with Crippen molar-refractivity contribution in [1.29, 1.82) is 0 Å². The summed E-state index contributed by atoms with van der Waals surface area (Å²) in [5, 5.41) is 6.69. The van der Waals surface area contributed by atoms with Crippen LogP contribution in [0.15, 0.2) is 41.9 Å². The number of aliphatic imine (C=N–C) groups is 1. The van der Waals surface area contributed by atoms with Crippen LogP contribution in [0.2, 0.25) is 0 Å². The Kier molecular flexibility index (Phi) is 12.1. The average molecular weight is 474 g/mol. The third kappa shape index (κ3) is 8.37. The lowest BCUT2D eigenvalue weighted by atomic mass is 10.2. The van der Waals surface area contributed by atoms with Gasteiger partial charge in [0.25, 0.3) is 0 Å². The van der Waals surface area contributed by atoms with Gasteiger partial charge in [0.05, 0.1) is 19.8 Å². The molecular weight excluding hydrogens is 443 g/mol. The van der Waals surface area contributed by atoms with Gasteiger partial charge in [-0.05, 0) is 13.0 Å². The number of hydrogen-bond acceptors (Lipinski definition) is 4. The minimum absolute atomic E-state index is 0. The van der Waals surface area contributed by atoms with Crippen LogP contribution in [0.3, 0.4) is 0 Å². The van der Waals surface area contributed by atoms with Crippen molar-refractivity contribution in [2.24, 2.45) is 4.99 Å². The molecule has 1 saturated heterocycles. The summed E-state index contributed by atoms with van der Waals surface area (Å²) in [6.45, 7) is 13.2. The molecule has 26 heavy (non-hydrogen) atoms. The van der Waals surface area contributed by atoms with E-state index in [1.807, 2.05) is 24.3 Å². The molecule has 0 aromatic heterocycles. The van der Waals surface area contributed by atoms with Crippen molar-refractivity contribution in [3.8, 4) is 5.75 Å². The molecule has 0 aliphatic carbocycles. The zero-order valence-corrected chi connectivity index (χ0v) is 17.9. The number of rotatable bonds is 9. The molecule has 0 bridgehead atoms. The van der Waals surface area contributed by atoms with Gasteiger partial charge in [0.1, 0.15) is 12.4 Å². The number of morpholine rings is 1. The summed E-state index contributed by atoms with van der Waals surface area (Å²) in [6.07, 6.45) is 1.75. The van der Waals surface area contributed by atoms with Gasteiger partial charge in [-0.3, -0.25) is 4.90 Å². The molecule has 1 aliphatic heterocycles. The maximum absolute atomic E-state index is 5.69. The largest absolute Gasteiger partial charge is 0.489 e. The Labute approximate surface area is 174 Å². The smallest absolute Gasteiger partial charge is 0.191 e. The molecule has 0 radical (unpaired) electrons. The molecule has 6 nitrogen and oxygen atoms in total. The fourth-order valence-electron chi connectivity index (χ4n) is 2.59. The van der Waals surface area contributed by atoms with E-state index in [4.69, 9.17) is 9.47 Å². The predicted octanol–water partition coefficient (Wildman–Crippen LogP) is 2.26. The Morgan fingerprint density at radius 1 is 1.31 bits per heavy atom. The maximum Gasteiger partial charge on any atom is 0.191 e. The molecule has 1 aliphatic rings. The van der Waals surface area contributed by atoms with E-state index in [1.54, 1.807) is 6.08 Å². The molecule has 0 atom stereocenters. The number of guanidine groups is 1. The highest BCUT2D eigenvalue weighted by Gasteiger charge is 2.09. The summed E-state index contributed by atoms with van der Waals surface area (Å²) in [5.41, 5.74) is 1.06. The van der Waals surface area contributed by atoms with E-state index in [2.05, 4.69) is 34.0 Å². The van der Waals surface area contributed by atoms with Crippen molar-refractivity contribution in [1.82, 2.24) is 15.5 Å². The van der Waals surface area contributed by atoms with Crippen LogP contribution in [0.1, 0.15) is 12.5 Å². The lowest BCUT2D eigenvalue weighted by Crippen LogP contribution is -2.44. The third-order valence-electron chi connectivity index (χ3n) is 3.91. The number of hydrogen-bond donors (Lipinski definition) is 2. The summed E-state index contributed by atoms with van der Waals surface area (Å²) >= 11 is 0. The number of benzene rings is 1. The highest BCUT2D eigenvalue weighted by atomic mass is 127. The Hall–Kier alpha value is -1.32. The monoisotopic (exact) mass is 474 g/mol. The van der Waals surface area contributed by atoms with Gasteiger partial charge in [-0.15, -0.1) is 24.0 Å². The second-order valence-electron chi connectivity index (χ2n) is 5.78. The van der Waals surface area contributed by atoms with E-state index < -0.39 is 0 Å². The Morgan fingerprint density at radius 3 is 2.81 bits per heavy atom. The number of halogens is 1. The van der Waals surface area contributed by atoms with Gasteiger partial charge in [0.2, 0.25) is 0 Å². The van der Waals surface area contributed by atoms with E-state index >= 15 is 0 Å². The van der Waals surface area contributed by atoms with Crippen LogP contribution in [0.25, 0.3) is 0 Å². The minimum atomic E-state index is 0. The Morgan fingerprint density at radius 2 is 2.08 bits per heavy atom. The fourth-order valence-corrected chi connectivity index (χ4v) is 2.59. The van der Waals surface area contributed by atoms with Crippen LogP contribution in [-0.4, -0.2) is 63.4 Å². The highest BCUT2D eigenvalue weighted by Crippen LogP contribution is 2.18. The Bertz CT molecular complexity index is 548. The lowest BCUT2D eigenvalue weighted by Gasteiger charge is -2.26. The van der Waals surface area contributed by atoms with Crippen LogP contribution in [-0.2, 0) is 11.3 Å². The predicted molar refractivity (Wildman–Crippen MR) is 118 cm³/mol. The van der Waals surface area contributed by atoms with E-state index in [0.717, 1.165) is 63.2 Å². The van der Waals surface area contributed by atoms with Crippen LogP contribution in [0.4, 0.5) is 0 Å². The quantitative estimate of drug-likeness (QED) is 0.249. The van der Waals surface area contributed by atoms with Crippen molar-refractivity contribution in [3.63, 3.8) is 0 Å². The maximum atomic E-state index is 5.69. The summed E-state index contributed by atoms with van der Waals surface area (Å²) in [7, 11) is 0. The molecule has 0 spiro atoms. The van der Waals surface area contributed by atoms with Crippen LogP contribution < -0.4 is 15.4 Å². The van der Waals surface area contributed by atoms with Crippen LogP contribution in [0, 0.1) is 0 Å². The molecule has 1 fully saturated rings. The summed E-state index contributed by atoms with van der Waals surface area (Å²) in [6, 6.07) is 7.98. The van der Waals surface area contributed by atoms with Crippen molar-refractivity contribution in [2.75, 3.05) is 52.5 Å². The highest BCUT2D eigenvalue weighted by molar-refractivity contribution is 14.0. The molecule has 0 amide bonds. The van der Waals surface area contributed by atoms with Gasteiger partial charge >= 0.3 is 0 Å². The molecule has 2 N–H and O–H groups in total. The summed E-state index contributed by atoms with van der Waals surface area (Å²) < 4.78 is 11.1. The van der Waals surface area contributed by atoms with Crippen molar-refractivity contribution >= 4 is 29.9 Å². The molecule has 146 valence electrons. The molecule has 1 aromatic rings. The standard InChI is InChI=1S/C19H30N4O2.HI/c1-3-13-25-18-8-6-5-7-17(18)16-22-19(20-4-2)21-9-10-23-11-14-24-15-12-23;/h3,5-8H,1,4,9-16H2,2H3,(H2,20,21,22);1H. The fraction of sp³-hybridized carbons (Fsp3) is 0.526. The average Bonchev–Trinajstić information content (AvgIpc) is 2.66. The minimum Gasteiger partial charge on any atom is -0.489 e. The van der Waals surface area contributed by atoms with Crippen molar-refractivity contribution in [3.05, 3.63) is 42.5 Å². The van der Waals surface area contributed by atoms with Crippen molar-refractivity contribution in [2.45, 2.75) is 13.5 Å².